The van der Waals surface area contributed by atoms with Gasteiger partial charge in [0.2, 0.25) is 5.91 Å². The van der Waals surface area contributed by atoms with Gasteiger partial charge in [-0.25, -0.2) is 4.79 Å². The monoisotopic (exact) mass is 288 g/mol. The molecule has 5 heteroatoms. The molecule has 2 N–H and O–H groups in total. The molecule has 0 bridgehead atoms. The number of amides is 1. The standard InChI is InChI=1S/C16H20N2O3/c1-10-7-17-8-14(10)15(19)18-5-4-11-2-3-12(16(20)21)6-13(11)9-18/h2-3,6,10,14,17H,4-5,7-9H2,1H3,(H,20,21). The van der Waals surface area contributed by atoms with Crippen LogP contribution >= 0.6 is 0 Å². The molecular weight excluding hydrogens is 268 g/mol. The third kappa shape index (κ3) is 2.65. The van der Waals surface area contributed by atoms with E-state index in [1.807, 2.05) is 11.0 Å². The first-order valence-corrected chi connectivity index (χ1v) is 7.41. The van der Waals surface area contributed by atoms with Gasteiger partial charge in [-0.15, -0.1) is 0 Å². The predicted molar refractivity (Wildman–Crippen MR) is 78.0 cm³/mol. The lowest BCUT2D eigenvalue weighted by Crippen LogP contribution is -2.41. The molecule has 2 atom stereocenters. The molecule has 0 radical (unpaired) electrons. The maximum atomic E-state index is 12.6. The summed E-state index contributed by atoms with van der Waals surface area (Å²) in [4.78, 5) is 25.6. The van der Waals surface area contributed by atoms with E-state index >= 15 is 0 Å². The van der Waals surface area contributed by atoms with Gasteiger partial charge in [0, 0.05) is 19.6 Å². The van der Waals surface area contributed by atoms with E-state index in [2.05, 4.69) is 12.2 Å². The van der Waals surface area contributed by atoms with Crippen LogP contribution < -0.4 is 5.32 Å². The lowest BCUT2D eigenvalue weighted by molar-refractivity contribution is -0.136. The van der Waals surface area contributed by atoms with Gasteiger partial charge in [-0.2, -0.15) is 0 Å². The van der Waals surface area contributed by atoms with E-state index in [1.54, 1.807) is 12.1 Å². The van der Waals surface area contributed by atoms with Crippen LogP contribution in [0.3, 0.4) is 0 Å². The minimum absolute atomic E-state index is 0.0502. The Morgan fingerprint density at radius 1 is 1.29 bits per heavy atom. The predicted octanol–water partition coefficient (Wildman–Crippen LogP) is 1.12. The lowest BCUT2D eigenvalue weighted by Gasteiger charge is -2.32. The normalized spacial score (nSPS) is 24.7. The number of carboxylic acids is 1. The van der Waals surface area contributed by atoms with Gasteiger partial charge in [0.05, 0.1) is 11.5 Å². The van der Waals surface area contributed by atoms with Crippen molar-refractivity contribution in [2.45, 2.75) is 19.9 Å². The number of rotatable bonds is 2. The molecule has 1 aromatic carbocycles. The first-order chi connectivity index (χ1) is 10.1. The minimum atomic E-state index is -0.921. The van der Waals surface area contributed by atoms with Gasteiger partial charge in [-0.1, -0.05) is 13.0 Å². The van der Waals surface area contributed by atoms with Crippen molar-refractivity contribution >= 4 is 11.9 Å². The molecule has 2 aliphatic heterocycles. The summed E-state index contributed by atoms with van der Waals surface area (Å²) in [6, 6.07) is 5.22. The molecule has 112 valence electrons. The van der Waals surface area contributed by atoms with Crippen molar-refractivity contribution < 1.29 is 14.7 Å². The second kappa shape index (κ2) is 5.48. The number of fused-ring (bicyclic) bond motifs is 1. The van der Waals surface area contributed by atoms with E-state index in [1.165, 1.54) is 0 Å². The number of hydrogen-bond acceptors (Lipinski definition) is 3. The quantitative estimate of drug-likeness (QED) is 0.856. The van der Waals surface area contributed by atoms with Gasteiger partial charge >= 0.3 is 5.97 Å². The highest BCUT2D eigenvalue weighted by Gasteiger charge is 2.34. The van der Waals surface area contributed by atoms with Gasteiger partial charge in [0.15, 0.2) is 0 Å². The fraction of sp³-hybridized carbons (Fsp3) is 0.500. The molecule has 1 fully saturated rings. The Morgan fingerprint density at radius 2 is 2.10 bits per heavy atom. The van der Waals surface area contributed by atoms with Crippen molar-refractivity contribution in [1.29, 1.82) is 0 Å². The summed E-state index contributed by atoms with van der Waals surface area (Å²) >= 11 is 0. The smallest absolute Gasteiger partial charge is 0.335 e. The Morgan fingerprint density at radius 3 is 2.76 bits per heavy atom. The molecule has 0 spiro atoms. The molecule has 0 saturated carbocycles. The molecule has 0 aliphatic carbocycles. The topological polar surface area (TPSA) is 69.6 Å². The van der Waals surface area contributed by atoms with Crippen molar-refractivity contribution in [2.24, 2.45) is 11.8 Å². The summed E-state index contributed by atoms with van der Waals surface area (Å²) in [6.45, 7) is 4.99. The van der Waals surface area contributed by atoms with Gasteiger partial charge in [-0.3, -0.25) is 4.79 Å². The molecule has 1 amide bonds. The summed E-state index contributed by atoms with van der Waals surface area (Å²) in [6.07, 6.45) is 0.801. The average Bonchev–Trinajstić information content (AvgIpc) is 2.91. The van der Waals surface area contributed by atoms with Crippen LogP contribution in [0.2, 0.25) is 0 Å². The molecule has 2 aliphatic rings. The third-order valence-corrected chi connectivity index (χ3v) is 4.61. The van der Waals surface area contributed by atoms with Crippen LogP contribution in [0.5, 0.6) is 0 Å². The summed E-state index contributed by atoms with van der Waals surface area (Å²) in [5, 5.41) is 12.3. The van der Waals surface area contributed by atoms with Crippen LogP contribution in [0.4, 0.5) is 0 Å². The first kappa shape index (κ1) is 14.1. The number of nitrogens with zero attached hydrogens (tertiary/aromatic N) is 1. The molecule has 1 aromatic rings. The summed E-state index contributed by atoms with van der Waals surface area (Å²) in [7, 11) is 0. The first-order valence-electron chi connectivity index (χ1n) is 7.41. The Kier molecular flexibility index (Phi) is 3.68. The Hall–Kier alpha value is -1.88. The van der Waals surface area contributed by atoms with E-state index in [0.29, 0.717) is 18.0 Å². The molecule has 0 aromatic heterocycles. The maximum absolute atomic E-state index is 12.6. The fourth-order valence-corrected chi connectivity index (χ4v) is 3.25. The maximum Gasteiger partial charge on any atom is 0.335 e. The van der Waals surface area contributed by atoms with Gasteiger partial charge < -0.3 is 15.3 Å². The largest absolute Gasteiger partial charge is 0.478 e. The summed E-state index contributed by atoms with van der Waals surface area (Å²) in [5.74, 6) is -0.313. The van der Waals surface area contributed by atoms with Crippen LogP contribution in [-0.2, 0) is 17.8 Å². The van der Waals surface area contributed by atoms with Crippen molar-refractivity contribution in [1.82, 2.24) is 10.2 Å². The summed E-state index contributed by atoms with van der Waals surface area (Å²) in [5.41, 5.74) is 2.41. The number of benzene rings is 1. The van der Waals surface area contributed by atoms with Crippen molar-refractivity contribution in [3.63, 3.8) is 0 Å². The zero-order chi connectivity index (χ0) is 15.0. The number of carboxylic acid groups (broad SMARTS) is 1. The molecule has 3 rings (SSSR count). The molecule has 5 nitrogen and oxygen atoms in total. The molecule has 2 unspecified atom stereocenters. The number of aromatic carboxylic acids is 1. The number of carbonyl (C=O) groups excluding carboxylic acids is 1. The van der Waals surface area contributed by atoms with Crippen LogP contribution in [0.15, 0.2) is 18.2 Å². The van der Waals surface area contributed by atoms with E-state index in [9.17, 15) is 9.59 Å². The Bertz CT molecular complexity index is 585. The average molecular weight is 288 g/mol. The van der Waals surface area contributed by atoms with Crippen LogP contribution in [0.25, 0.3) is 0 Å². The second-order valence-electron chi connectivity index (χ2n) is 6.04. The van der Waals surface area contributed by atoms with E-state index in [0.717, 1.165) is 37.2 Å². The molecular formula is C16H20N2O3. The summed E-state index contributed by atoms with van der Waals surface area (Å²) < 4.78 is 0. The highest BCUT2D eigenvalue weighted by molar-refractivity contribution is 5.88. The van der Waals surface area contributed by atoms with Crippen molar-refractivity contribution in [2.75, 3.05) is 19.6 Å². The van der Waals surface area contributed by atoms with Crippen molar-refractivity contribution in [3.8, 4) is 0 Å². The van der Waals surface area contributed by atoms with Crippen LogP contribution in [0.1, 0.15) is 28.4 Å². The lowest BCUT2D eigenvalue weighted by atomic mass is 9.93. The Balaban J connectivity index is 1.78. The van der Waals surface area contributed by atoms with Gasteiger partial charge in [0.25, 0.3) is 0 Å². The van der Waals surface area contributed by atoms with E-state index in [-0.39, 0.29) is 11.8 Å². The fourth-order valence-electron chi connectivity index (χ4n) is 3.25. The van der Waals surface area contributed by atoms with Crippen molar-refractivity contribution in [3.05, 3.63) is 34.9 Å². The highest BCUT2D eigenvalue weighted by Crippen LogP contribution is 2.25. The molecule has 1 saturated heterocycles. The zero-order valence-corrected chi connectivity index (χ0v) is 12.1. The molecule has 2 heterocycles. The van der Waals surface area contributed by atoms with Gasteiger partial charge in [0.1, 0.15) is 0 Å². The minimum Gasteiger partial charge on any atom is -0.478 e. The van der Waals surface area contributed by atoms with E-state index < -0.39 is 5.97 Å². The third-order valence-electron chi connectivity index (χ3n) is 4.61. The van der Waals surface area contributed by atoms with Crippen LogP contribution in [0, 0.1) is 11.8 Å². The van der Waals surface area contributed by atoms with Crippen LogP contribution in [-0.4, -0.2) is 41.5 Å². The number of nitrogens with one attached hydrogen (secondary N) is 1. The van der Waals surface area contributed by atoms with Gasteiger partial charge in [-0.05, 0) is 42.1 Å². The number of hydrogen-bond donors (Lipinski definition) is 2. The highest BCUT2D eigenvalue weighted by atomic mass is 16.4. The van der Waals surface area contributed by atoms with E-state index in [4.69, 9.17) is 5.11 Å². The second-order valence-corrected chi connectivity index (χ2v) is 6.04. The number of carbonyl (C=O) groups is 2. The zero-order valence-electron chi connectivity index (χ0n) is 12.1. The Labute approximate surface area is 123 Å². The molecule has 21 heavy (non-hydrogen) atoms. The SMILES string of the molecule is CC1CNCC1C(=O)N1CCc2ccc(C(=O)O)cc2C1.